The van der Waals surface area contributed by atoms with Gasteiger partial charge >= 0.3 is 7.60 Å². The van der Waals surface area contributed by atoms with Crippen molar-refractivity contribution in [3.05, 3.63) is 12.2 Å². The minimum atomic E-state index is -2.86. The van der Waals surface area contributed by atoms with Crippen LogP contribution in [-0.4, -0.2) is 19.9 Å². The zero-order valence-electron chi connectivity index (χ0n) is 7.29. The van der Waals surface area contributed by atoms with Crippen LogP contribution in [0.5, 0.6) is 0 Å². The normalized spacial score (nSPS) is 15.9. The molecule has 0 spiro atoms. The molecule has 0 aromatic carbocycles. The number of rotatable bonds is 5. The summed E-state index contributed by atoms with van der Waals surface area (Å²) >= 11 is 0. The molecule has 0 amide bonds. The van der Waals surface area contributed by atoms with E-state index in [4.69, 9.17) is 9.05 Å². The Labute approximate surface area is 67.9 Å². The Balaban J connectivity index is 4.10. The van der Waals surface area contributed by atoms with Crippen molar-refractivity contribution < 1.29 is 13.6 Å². The Kier molecular flexibility index (Phi) is 4.66. The van der Waals surface area contributed by atoms with Gasteiger partial charge in [0.25, 0.3) is 0 Å². The first kappa shape index (κ1) is 10.9. The van der Waals surface area contributed by atoms with Gasteiger partial charge in [-0.2, -0.15) is 0 Å². The first-order valence-electron chi connectivity index (χ1n) is 3.48. The Hall–Kier alpha value is -0.110. The Morgan fingerprint density at radius 3 is 2.45 bits per heavy atom. The number of hydrogen-bond acceptors (Lipinski definition) is 3. The topological polar surface area (TPSA) is 35.5 Å². The molecule has 1 atom stereocenters. The van der Waals surface area contributed by atoms with Crippen molar-refractivity contribution in [3.8, 4) is 0 Å². The molecule has 0 heterocycles. The summed E-state index contributed by atoms with van der Waals surface area (Å²) < 4.78 is 21.2. The molecule has 0 aromatic heterocycles. The molecule has 0 rings (SSSR count). The number of hydrogen-bond donors (Lipinski definition) is 0. The van der Waals surface area contributed by atoms with Crippen LogP contribution in [-0.2, 0) is 13.6 Å². The predicted molar refractivity (Wildman–Crippen MR) is 45.9 cm³/mol. The van der Waals surface area contributed by atoms with Crippen molar-refractivity contribution in [1.29, 1.82) is 0 Å². The summed E-state index contributed by atoms with van der Waals surface area (Å²) in [5.74, 6) is 0. The summed E-state index contributed by atoms with van der Waals surface area (Å²) in [6, 6.07) is 0. The lowest BCUT2D eigenvalue weighted by Crippen LogP contribution is -1.97. The van der Waals surface area contributed by atoms with E-state index in [0.717, 1.165) is 5.57 Å². The standard InChI is InChI=1S/C7H15O3P/c1-5-10-11(8,9-4)6-7(2)3/h2,5-6H2,1,3-4H3. The lowest BCUT2D eigenvalue weighted by Gasteiger charge is -2.14. The van der Waals surface area contributed by atoms with Gasteiger partial charge in [-0.05, 0) is 13.8 Å². The second kappa shape index (κ2) is 4.70. The zero-order chi connectivity index (χ0) is 8.91. The molecule has 11 heavy (non-hydrogen) atoms. The first-order chi connectivity index (χ1) is 5.04. The van der Waals surface area contributed by atoms with Crippen LogP contribution in [0.3, 0.4) is 0 Å². The van der Waals surface area contributed by atoms with Crippen molar-refractivity contribution in [2.75, 3.05) is 19.9 Å². The van der Waals surface area contributed by atoms with Crippen molar-refractivity contribution >= 4 is 7.60 Å². The lowest BCUT2D eigenvalue weighted by atomic mass is 10.4. The molecule has 1 unspecified atom stereocenters. The van der Waals surface area contributed by atoms with Crippen LogP contribution in [0.1, 0.15) is 13.8 Å². The van der Waals surface area contributed by atoms with E-state index in [1.165, 1.54) is 7.11 Å². The fraction of sp³-hybridized carbons (Fsp3) is 0.714. The van der Waals surface area contributed by atoms with Crippen LogP contribution in [0.25, 0.3) is 0 Å². The van der Waals surface area contributed by atoms with Gasteiger partial charge in [-0.25, -0.2) is 0 Å². The van der Waals surface area contributed by atoms with E-state index in [9.17, 15) is 4.57 Å². The summed E-state index contributed by atoms with van der Waals surface area (Å²) in [6.07, 6.45) is 0.303. The number of allylic oxidation sites excluding steroid dienone is 1. The van der Waals surface area contributed by atoms with Crippen LogP contribution >= 0.6 is 7.60 Å². The molecule has 0 aliphatic heterocycles. The maximum absolute atomic E-state index is 11.5. The molecular formula is C7H15O3P. The van der Waals surface area contributed by atoms with Crippen molar-refractivity contribution in [1.82, 2.24) is 0 Å². The molecule has 0 fully saturated rings. The second-order valence-electron chi connectivity index (χ2n) is 2.33. The summed E-state index contributed by atoms with van der Waals surface area (Å²) in [4.78, 5) is 0. The van der Waals surface area contributed by atoms with Gasteiger partial charge in [0.15, 0.2) is 0 Å². The molecule has 0 bridgehead atoms. The van der Waals surface area contributed by atoms with Gasteiger partial charge in [0.05, 0.1) is 12.8 Å². The minimum absolute atomic E-state index is 0.303. The Morgan fingerprint density at radius 1 is 1.64 bits per heavy atom. The molecule has 0 aliphatic carbocycles. The largest absolute Gasteiger partial charge is 0.334 e. The van der Waals surface area contributed by atoms with Gasteiger partial charge in [0.1, 0.15) is 0 Å². The van der Waals surface area contributed by atoms with E-state index in [-0.39, 0.29) is 0 Å². The van der Waals surface area contributed by atoms with Crippen LogP contribution < -0.4 is 0 Å². The van der Waals surface area contributed by atoms with Crippen LogP contribution in [0.2, 0.25) is 0 Å². The van der Waals surface area contributed by atoms with Gasteiger partial charge < -0.3 is 9.05 Å². The quantitative estimate of drug-likeness (QED) is 0.479. The highest BCUT2D eigenvalue weighted by Crippen LogP contribution is 2.48. The van der Waals surface area contributed by atoms with Gasteiger partial charge in [-0.15, -0.1) is 0 Å². The second-order valence-corrected chi connectivity index (χ2v) is 4.49. The Bertz CT molecular complexity index is 177. The van der Waals surface area contributed by atoms with E-state index >= 15 is 0 Å². The highest BCUT2D eigenvalue weighted by atomic mass is 31.2. The van der Waals surface area contributed by atoms with Gasteiger partial charge in [0, 0.05) is 7.11 Å². The van der Waals surface area contributed by atoms with E-state index in [1.54, 1.807) is 13.8 Å². The summed E-state index contributed by atoms with van der Waals surface area (Å²) in [5.41, 5.74) is 0.809. The van der Waals surface area contributed by atoms with Crippen molar-refractivity contribution in [3.63, 3.8) is 0 Å². The summed E-state index contributed by atoms with van der Waals surface area (Å²) in [6.45, 7) is 7.62. The molecular weight excluding hydrogens is 163 g/mol. The fourth-order valence-electron chi connectivity index (χ4n) is 0.690. The predicted octanol–water partition coefficient (Wildman–Crippen LogP) is 2.44. The van der Waals surface area contributed by atoms with E-state index < -0.39 is 7.60 Å². The van der Waals surface area contributed by atoms with E-state index in [2.05, 4.69) is 6.58 Å². The van der Waals surface area contributed by atoms with Crippen LogP contribution in [0.4, 0.5) is 0 Å². The third-order valence-corrected chi connectivity index (χ3v) is 3.20. The lowest BCUT2D eigenvalue weighted by molar-refractivity contribution is 0.246. The molecule has 0 aliphatic rings. The Morgan fingerprint density at radius 2 is 2.18 bits per heavy atom. The molecule has 0 saturated carbocycles. The average Bonchev–Trinajstić information content (AvgIpc) is 1.87. The fourth-order valence-corrected chi connectivity index (χ4v) is 2.07. The first-order valence-corrected chi connectivity index (χ1v) is 5.20. The van der Waals surface area contributed by atoms with Crippen molar-refractivity contribution in [2.24, 2.45) is 0 Å². The smallest absolute Gasteiger partial charge is 0.312 e. The molecule has 0 saturated heterocycles. The van der Waals surface area contributed by atoms with Crippen LogP contribution in [0.15, 0.2) is 12.2 Å². The summed E-state index contributed by atoms with van der Waals surface area (Å²) in [5, 5.41) is 0. The van der Waals surface area contributed by atoms with E-state index in [1.807, 2.05) is 0 Å². The maximum Gasteiger partial charge on any atom is 0.334 e. The minimum Gasteiger partial charge on any atom is -0.312 e. The zero-order valence-corrected chi connectivity index (χ0v) is 8.19. The molecule has 0 N–H and O–H groups in total. The van der Waals surface area contributed by atoms with Gasteiger partial charge in [0.2, 0.25) is 0 Å². The molecule has 0 radical (unpaired) electrons. The third-order valence-electron chi connectivity index (χ3n) is 1.07. The molecule has 66 valence electrons. The highest BCUT2D eigenvalue weighted by molar-refractivity contribution is 7.54. The maximum atomic E-state index is 11.5. The molecule has 3 nitrogen and oxygen atoms in total. The summed E-state index contributed by atoms with van der Waals surface area (Å²) in [7, 11) is -1.47. The van der Waals surface area contributed by atoms with Gasteiger partial charge in [-0.1, -0.05) is 12.2 Å². The highest BCUT2D eigenvalue weighted by Gasteiger charge is 2.21. The average molecular weight is 178 g/mol. The van der Waals surface area contributed by atoms with Crippen molar-refractivity contribution in [2.45, 2.75) is 13.8 Å². The monoisotopic (exact) mass is 178 g/mol. The van der Waals surface area contributed by atoms with Crippen LogP contribution in [0, 0.1) is 0 Å². The van der Waals surface area contributed by atoms with Gasteiger partial charge in [-0.3, -0.25) is 4.57 Å². The molecule has 0 aromatic rings. The third kappa shape index (κ3) is 4.35. The van der Waals surface area contributed by atoms with E-state index in [0.29, 0.717) is 12.8 Å². The SMILES string of the molecule is C=C(C)CP(=O)(OC)OCC. The molecule has 4 heteroatoms.